The Morgan fingerprint density at radius 2 is 1.78 bits per heavy atom. The summed E-state index contributed by atoms with van der Waals surface area (Å²) in [5.41, 5.74) is 0.560. The van der Waals surface area contributed by atoms with E-state index in [-0.39, 0.29) is 11.3 Å². The molecule has 138 valence electrons. The van der Waals surface area contributed by atoms with E-state index in [4.69, 9.17) is 9.47 Å². The average molecular weight is 365 g/mol. The monoisotopic (exact) mass is 365 g/mol. The summed E-state index contributed by atoms with van der Waals surface area (Å²) in [5, 5.41) is 14.5. The van der Waals surface area contributed by atoms with Gasteiger partial charge in [0.2, 0.25) is 0 Å². The third-order valence-electron chi connectivity index (χ3n) is 4.12. The number of carbonyl (C=O) groups is 2. The van der Waals surface area contributed by atoms with Crippen LogP contribution in [-0.4, -0.2) is 30.2 Å². The molecule has 3 aromatic carbocycles. The van der Waals surface area contributed by atoms with E-state index in [1.165, 1.54) is 32.2 Å². The molecular weight excluding hydrogens is 346 g/mol. The Morgan fingerprint density at radius 1 is 1.04 bits per heavy atom. The number of esters is 1. The second kappa shape index (κ2) is 7.78. The van der Waals surface area contributed by atoms with Gasteiger partial charge in [0, 0.05) is 11.1 Å². The molecule has 0 radical (unpaired) electrons. The number of rotatable bonds is 5. The van der Waals surface area contributed by atoms with Crippen LogP contribution >= 0.6 is 0 Å². The summed E-state index contributed by atoms with van der Waals surface area (Å²) in [6.45, 7) is 1.47. The van der Waals surface area contributed by atoms with Crippen LogP contribution in [0.15, 0.2) is 60.7 Å². The molecule has 2 N–H and O–H groups in total. The molecule has 0 bridgehead atoms. The Balaban J connectivity index is 1.73. The van der Waals surface area contributed by atoms with Gasteiger partial charge in [-0.1, -0.05) is 36.4 Å². The normalized spacial score (nSPS) is 11.6. The van der Waals surface area contributed by atoms with E-state index in [1.807, 2.05) is 36.4 Å². The number of amides is 1. The summed E-state index contributed by atoms with van der Waals surface area (Å²) in [6, 6.07) is 17.4. The standard InChI is InChI=1S/C21H19NO5/c1-13(27-21(25)17-12-15(26-2)10-11-19(17)23)20(24)22-18-9-5-7-14-6-3-4-8-16(14)18/h3-13,23H,1-2H3,(H,22,24). The summed E-state index contributed by atoms with van der Waals surface area (Å²) in [6.07, 6.45) is -1.05. The SMILES string of the molecule is COc1ccc(O)c(C(=O)OC(C)C(=O)Nc2cccc3ccccc23)c1. The second-order valence-electron chi connectivity index (χ2n) is 5.95. The van der Waals surface area contributed by atoms with Gasteiger partial charge in [-0.05, 0) is 36.6 Å². The summed E-state index contributed by atoms with van der Waals surface area (Å²) in [7, 11) is 1.45. The maximum absolute atomic E-state index is 12.5. The average Bonchev–Trinajstić information content (AvgIpc) is 2.68. The van der Waals surface area contributed by atoms with Crippen molar-refractivity contribution in [2.75, 3.05) is 12.4 Å². The van der Waals surface area contributed by atoms with Gasteiger partial charge in [-0.25, -0.2) is 4.79 Å². The van der Waals surface area contributed by atoms with Crippen molar-refractivity contribution < 1.29 is 24.2 Å². The minimum absolute atomic E-state index is 0.0702. The first-order valence-corrected chi connectivity index (χ1v) is 8.36. The van der Waals surface area contributed by atoms with Crippen LogP contribution < -0.4 is 10.1 Å². The molecule has 0 saturated heterocycles. The molecule has 1 unspecified atom stereocenters. The maximum Gasteiger partial charge on any atom is 0.342 e. The van der Waals surface area contributed by atoms with Crippen LogP contribution in [0.1, 0.15) is 17.3 Å². The zero-order chi connectivity index (χ0) is 19.4. The Bertz CT molecular complexity index is 994. The number of phenolic OH excluding ortho intramolecular Hbond substituents is 1. The molecule has 27 heavy (non-hydrogen) atoms. The minimum Gasteiger partial charge on any atom is -0.507 e. The molecule has 6 nitrogen and oxygen atoms in total. The van der Waals surface area contributed by atoms with Crippen LogP contribution in [0, 0.1) is 0 Å². The molecule has 0 aliphatic rings. The summed E-state index contributed by atoms with van der Waals surface area (Å²) in [4.78, 5) is 24.8. The first-order valence-electron chi connectivity index (χ1n) is 8.36. The Morgan fingerprint density at radius 3 is 2.56 bits per heavy atom. The molecular formula is C21H19NO5. The number of ether oxygens (including phenoxy) is 2. The molecule has 0 saturated carbocycles. The van der Waals surface area contributed by atoms with Crippen LogP contribution in [0.5, 0.6) is 11.5 Å². The largest absolute Gasteiger partial charge is 0.507 e. The highest BCUT2D eigenvalue weighted by molar-refractivity contribution is 6.04. The van der Waals surface area contributed by atoms with Crippen LogP contribution in [0.3, 0.4) is 0 Å². The van der Waals surface area contributed by atoms with Crippen molar-refractivity contribution in [2.45, 2.75) is 13.0 Å². The van der Waals surface area contributed by atoms with Crippen LogP contribution in [0.4, 0.5) is 5.69 Å². The van der Waals surface area contributed by atoms with Gasteiger partial charge in [0.15, 0.2) is 6.10 Å². The highest BCUT2D eigenvalue weighted by Gasteiger charge is 2.22. The van der Waals surface area contributed by atoms with Crippen molar-refractivity contribution in [3.63, 3.8) is 0 Å². The van der Waals surface area contributed by atoms with E-state index in [0.29, 0.717) is 11.4 Å². The Kier molecular flexibility index (Phi) is 5.26. The summed E-state index contributed by atoms with van der Waals surface area (Å²) >= 11 is 0. The number of hydrogen-bond donors (Lipinski definition) is 2. The van der Waals surface area contributed by atoms with Gasteiger partial charge in [-0.3, -0.25) is 4.79 Å². The highest BCUT2D eigenvalue weighted by Crippen LogP contribution is 2.25. The molecule has 3 aromatic rings. The number of methoxy groups -OCH3 is 1. The molecule has 0 aliphatic carbocycles. The fraction of sp³-hybridized carbons (Fsp3) is 0.143. The van der Waals surface area contributed by atoms with Gasteiger partial charge in [0.25, 0.3) is 5.91 Å². The first-order chi connectivity index (χ1) is 13.0. The van der Waals surface area contributed by atoms with E-state index in [1.54, 1.807) is 6.07 Å². The predicted octanol–water partition coefficient (Wildman–Crippen LogP) is 3.74. The van der Waals surface area contributed by atoms with Crippen LogP contribution in [-0.2, 0) is 9.53 Å². The van der Waals surface area contributed by atoms with Crippen molar-refractivity contribution in [3.8, 4) is 11.5 Å². The van der Waals surface area contributed by atoms with Gasteiger partial charge in [0.05, 0.1) is 7.11 Å². The lowest BCUT2D eigenvalue weighted by atomic mass is 10.1. The van der Waals surface area contributed by atoms with Gasteiger partial charge in [-0.15, -0.1) is 0 Å². The van der Waals surface area contributed by atoms with E-state index in [2.05, 4.69) is 5.32 Å². The summed E-state index contributed by atoms with van der Waals surface area (Å²) < 4.78 is 10.2. The van der Waals surface area contributed by atoms with Crippen molar-refractivity contribution in [1.82, 2.24) is 0 Å². The predicted molar refractivity (Wildman–Crippen MR) is 102 cm³/mol. The zero-order valence-electron chi connectivity index (χ0n) is 14.9. The van der Waals surface area contributed by atoms with Crippen molar-refractivity contribution >= 4 is 28.3 Å². The Hall–Kier alpha value is -3.54. The number of hydrogen-bond acceptors (Lipinski definition) is 5. The van der Waals surface area contributed by atoms with Crippen LogP contribution in [0.2, 0.25) is 0 Å². The number of anilines is 1. The van der Waals surface area contributed by atoms with Crippen molar-refractivity contribution in [1.29, 1.82) is 0 Å². The molecule has 0 aromatic heterocycles. The number of fused-ring (bicyclic) bond motifs is 1. The zero-order valence-corrected chi connectivity index (χ0v) is 14.9. The highest BCUT2D eigenvalue weighted by atomic mass is 16.5. The first kappa shape index (κ1) is 18.3. The summed E-state index contributed by atoms with van der Waals surface area (Å²) in [5.74, 6) is -1.14. The smallest absolute Gasteiger partial charge is 0.342 e. The molecule has 1 amide bonds. The quantitative estimate of drug-likeness (QED) is 0.673. The lowest BCUT2D eigenvalue weighted by Gasteiger charge is -2.15. The fourth-order valence-electron chi connectivity index (χ4n) is 2.65. The number of nitrogens with one attached hydrogen (secondary N) is 1. The van der Waals surface area contributed by atoms with Crippen molar-refractivity contribution in [3.05, 3.63) is 66.2 Å². The topological polar surface area (TPSA) is 84.9 Å². The Labute approximate surface area is 156 Å². The van der Waals surface area contributed by atoms with E-state index in [9.17, 15) is 14.7 Å². The molecule has 3 rings (SSSR count). The van der Waals surface area contributed by atoms with E-state index < -0.39 is 18.0 Å². The molecule has 0 spiro atoms. The lowest BCUT2D eigenvalue weighted by molar-refractivity contribution is -0.123. The second-order valence-corrected chi connectivity index (χ2v) is 5.95. The number of benzene rings is 3. The van der Waals surface area contributed by atoms with E-state index >= 15 is 0 Å². The van der Waals surface area contributed by atoms with Gasteiger partial charge in [-0.2, -0.15) is 0 Å². The van der Waals surface area contributed by atoms with Gasteiger partial charge < -0.3 is 19.9 Å². The molecule has 0 fully saturated rings. The number of phenols is 1. The van der Waals surface area contributed by atoms with Crippen LogP contribution in [0.25, 0.3) is 10.8 Å². The third-order valence-corrected chi connectivity index (χ3v) is 4.12. The van der Waals surface area contributed by atoms with Crippen molar-refractivity contribution in [2.24, 2.45) is 0 Å². The molecule has 6 heteroatoms. The molecule has 0 aliphatic heterocycles. The molecule has 1 atom stereocenters. The lowest BCUT2D eigenvalue weighted by Crippen LogP contribution is -2.30. The number of aromatic hydroxyl groups is 1. The maximum atomic E-state index is 12.5. The minimum atomic E-state index is -1.05. The fourth-order valence-corrected chi connectivity index (χ4v) is 2.65. The third kappa shape index (κ3) is 4.00. The van der Waals surface area contributed by atoms with E-state index in [0.717, 1.165) is 10.8 Å². The van der Waals surface area contributed by atoms with Gasteiger partial charge in [0.1, 0.15) is 17.1 Å². The molecule has 0 heterocycles. The van der Waals surface area contributed by atoms with Gasteiger partial charge >= 0.3 is 5.97 Å². The number of carbonyl (C=O) groups excluding carboxylic acids is 2.